The first-order chi connectivity index (χ1) is 17.1. The lowest BCUT2D eigenvalue weighted by Crippen LogP contribution is -2.31. The number of aromatic nitrogens is 2. The number of rotatable bonds is 6. The Bertz CT molecular complexity index is 1190. The van der Waals surface area contributed by atoms with Crippen molar-refractivity contribution < 1.29 is 19.5 Å². The summed E-state index contributed by atoms with van der Waals surface area (Å²) >= 11 is 0. The van der Waals surface area contributed by atoms with Gasteiger partial charge in [0.05, 0.1) is 11.8 Å². The highest BCUT2D eigenvalue weighted by Crippen LogP contribution is 2.43. The number of aromatic amines is 1. The van der Waals surface area contributed by atoms with E-state index >= 15 is 0 Å². The number of hydrogen-bond acceptors (Lipinski definition) is 6. The largest absolute Gasteiger partial charge is 0.385 e. The minimum Gasteiger partial charge on any atom is -0.385 e. The van der Waals surface area contributed by atoms with E-state index in [4.69, 9.17) is 14.9 Å². The Balaban J connectivity index is 0.00000115. The molecule has 0 saturated heterocycles. The van der Waals surface area contributed by atoms with Crippen molar-refractivity contribution in [2.45, 2.75) is 84.2 Å². The summed E-state index contributed by atoms with van der Waals surface area (Å²) in [6, 6.07) is 8.15. The van der Waals surface area contributed by atoms with Gasteiger partial charge in [-0.1, -0.05) is 45.4 Å². The maximum Gasteiger partial charge on any atom is 0.373 e. The molecule has 2 aliphatic carbocycles. The Morgan fingerprint density at radius 1 is 1.22 bits per heavy atom. The normalized spacial score (nSPS) is 22.9. The molecule has 2 aliphatic rings. The van der Waals surface area contributed by atoms with Crippen molar-refractivity contribution >= 4 is 17.5 Å². The summed E-state index contributed by atoms with van der Waals surface area (Å²) in [5.74, 6) is 0.790. The first-order valence-corrected chi connectivity index (χ1v) is 12.7. The Kier molecular flexibility index (Phi) is 8.79. The van der Waals surface area contributed by atoms with Crippen molar-refractivity contribution in [3.8, 4) is 6.07 Å². The van der Waals surface area contributed by atoms with Crippen molar-refractivity contribution in [3.63, 3.8) is 0 Å². The third kappa shape index (κ3) is 6.46. The molecule has 0 radical (unpaired) electrons. The van der Waals surface area contributed by atoms with Gasteiger partial charge in [-0.2, -0.15) is 14.9 Å². The Morgan fingerprint density at radius 2 is 1.92 bits per heavy atom. The van der Waals surface area contributed by atoms with Crippen molar-refractivity contribution in [1.29, 1.82) is 5.26 Å². The maximum atomic E-state index is 12.9. The number of imidazole rings is 1. The number of carbonyl (C=O) groups is 1. The number of ketones is 1. The number of aliphatic hydroxyl groups is 1. The zero-order valence-electron chi connectivity index (χ0n) is 21.4. The molecule has 190 valence electrons. The molecule has 1 aromatic heterocycles. The van der Waals surface area contributed by atoms with E-state index in [1.165, 1.54) is 18.2 Å². The van der Waals surface area contributed by atoms with Crippen LogP contribution >= 0.6 is 0 Å². The maximum absolute atomic E-state index is 12.9. The topological polar surface area (TPSA) is 124 Å². The SMILES string of the molecule is CCC1CCC(O)(c2ccc(CC(=O)c3ncc(C#N)[nH]3)c(C3=CCC(C)(C)CC3)c2)CC1.O=C=O. The van der Waals surface area contributed by atoms with Crippen molar-refractivity contribution in [1.82, 2.24) is 9.97 Å². The number of nitrogens with one attached hydrogen (secondary N) is 1. The lowest BCUT2D eigenvalue weighted by Gasteiger charge is -2.37. The summed E-state index contributed by atoms with van der Waals surface area (Å²) in [6.07, 6.45) is 12.1. The van der Waals surface area contributed by atoms with Crippen LogP contribution in [0.5, 0.6) is 0 Å². The van der Waals surface area contributed by atoms with Gasteiger partial charge in [-0.05, 0) is 84.6 Å². The fraction of sp³-hybridized carbons (Fsp3) is 0.517. The van der Waals surface area contributed by atoms with E-state index in [0.29, 0.717) is 5.92 Å². The van der Waals surface area contributed by atoms with E-state index in [2.05, 4.69) is 42.9 Å². The summed E-state index contributed by atoms with van der Waals surface area (Å²) in [7, 11) is 0. The molecule has 1 heterocycles. The van der Waals surface area contributed by atoms with E-state index in [-0.39, 0.29) is 35.3 Å². The summed E-state index contributed by atoms with van der Waals surface area (Å²) in [5, 5.41) is 20.5. The fourth-order valence-electron chi connectivity index (χ4n) is 5.27. The summed E-state index contributed by atoms with van der Waals surface area (Å²) in [5.41, 5.74) is 4.05. The minimum atomic E-state index is -0.792. The molecule has 2 N–H and O–H groups in total. The van der Waals surface area contributed by atoms with Gasteiger partial charge in [0, 0.05) is 6.42 Å². The standard InChI is InChI=1S/C28H35N3O2.CO2/c1-4-19-7-13-28(33,14-8-19)22-6-5-21(15-25(32)26-30-18-23(17-29)31-26)24(16-22)20-9-11-27(2,3)12-10-20;2-1-3/h5-6,9,16,18-19,33H,4,7-8,10-15H2,1-3H3,(H,30,31);. The Morgan fingerprint density at radius 3 is 2.47 bits per heavy atom. The summed E-state index contributed by atoms with van der Waals surface area (Å²) in [4.78, 5) is 36.1. The quantitative estimate of drug-likeness (QED) is 0.516. The molecule has 1 saturated carbocycles. The van der Waals surface area contributed by atoms with Gasteiger partial charge in [0.25, 0.3) is 0 Å². The van der Waals surface area contributed by atoms with Crippen LogP contribution in [0.25, 0.3) is 5.57 Å². The van der Waals surface area contributed by atoms with E-state index in [1.807, 2.05) is 18.2 Å². The molecule has 0 bridgehead atoms. The van der Waals surface area contributed by atoms with Crippen LogP contribution in [0.1, 0.15) is 105 Å². The zero-order valence-corrected chi connectivity index (χ0v) is 21.4. The number of Topliss-reactive ketones (excluding diaryl/α,β-unsaturated/α-hetero) is 1. The average molecular weight is 490 g/mol. The molecule has 0 spiro atoms. The Hall–Kier alpha value is -3.33. The molecule has 2 aromatic rings. The lowest BCUT2D eigenvalue weighted by atomic mass is 9.72. The monoisotopic (exact) mass is 489 g/mol. The molecule has 1 aromatic carbocycles. The molecular weight excluding hydrogens is 454 g/mol. The molecule has 1 fully saturated rings. The lowest BCUT2D eigenvalue weighted by molar-refractivity contribution is -0.191. The highest BCUT2D eigenvalue weighted by Gasteiger charge is 2.35. The molecule has 0 amide bonds. The van der Waals surface area contributed by atoms with Gasteiger partial charge in [0.15, 0.2) is 5.82 Å². The smallest absolute Gasteiger partial charge is 0.373 e. The van der Waals surface area contributed by atoms with Crippen LogP contribution in [0, 0.1) is 22.7 Å². The molecule has 0 unspecified atom stereocenters. The van der Waals surface area contributed by atoms with Crippen molar-refractivity contribution in [2.75, 3.05) is 0 Å². The van der Waals surface area contributed by atoms with Crippen LogP contribution in [0.3, 0.4) is 0 Å². The number of benzene rings is 1. The second kappa shape index (κ2) is 11.6. The predicted octanol–water partition coefficient (Wildman–Crippen LogP) is 5.50. The number of hydrogen-bond donors (Lipinski definition) is 2. The second-order valence-electron chi connectivity index (χ2n) is 10.8. The van der Waals surface area contributed by atoms with Gasteiger partial charge in [-0.15, -0.1) is 0 Å². The van der Waals surface area contributed by atoms with E-state index in [0.717, 1.165) is 61.6 Å². The minimum absolute atomic E-state index is 0.135. The second-order valence-corrected chi connectivity index (χ2v) is 10.8. The molecule has 7 nitrogen and oxygen atoms in total. The third-order valence-corrected chi connectivity index (χ3v) is 7.79. The predicted molar refractivity (Wildman–Crippen MR) is 135 cm³/mol. The first kappa shape index (κ1) is 27.3. The van der Waals surface area contributed by atoms with Gasteiger partial charge in [0.1, 0.15) is 11.8 Å². The van der Waals surface area contributed by atoms with E-state index in [9.17, 15) is 9.90 Å². The number of carbonyl (C=O) groups excluding carboxylic acids is 3. The molecule has 4 rings (SSSR count). The van der Waals surface area contributed by atoms with Crippen LogP contribution in [0.15, 0.2) is 30.5 Å². The summed E-state index contributed by atoms with van der Waals surface area (Å²) < 4.78 is 0. The summed E-state index contributed by atoms with van der Waals surface area (Å²) in [6.45, 7) is 6.81. The van der Waals surface area contributed by atoms with Gasteiger partial charge in [0.2, 0.25) is 5.78 Å². The van der Waals surface area contributed by atoms with Crippen LogP contribution in [-0.2, 0) is 21.6 Å². The van der Waals surface area contributed by atoms with Crippen LogP contribution < -0.4 is 0 Å². The van der Waals surface area contributed by atoms with Crippen LogP contribution in [-0.4, -0.2) is 27.0 Å². The third-order valence-electron chi connectivity index (χ3n) is 7.79. The molecule has 36 heavy (non-hydrogen) atoms. The molecule has 0 aliphatic heterocycles. The number of nitriles is 1. The zero-order chi connectivity index (χ0) is 26.3. The first-order valence-electron chi connectivity index (χ1n) is 12.7. The van der Waals surface area contributed by atoms with Crippen molar-refractivity contribution in [2.24, 2.45) is 11.3 Å². The van der Waals surface area contributed by atoms with Gasteiger partial charge in [-0.3, -0.25) is 4.79 Å². The van der Waals surface area contributed by atoms with Crippen LogP contribution in [0.4, 0.5) is 0 Å². The highest BCUT2D eigenvalue weighted by atomic mass is 16.3. The van der Waals surface area contributed by atoms with Gasteiger partial charge < -0.3 is 10.1 Å². The van der Waals surface area contributed by atoms with Gasteiger partial charge >= 0.3 is 6.15 Å². The molecular formula is C29H35N3O4. The number of allylic oxidation sites excluding steroid dienone is 2. The number of nitrogens with zero attached hydrogens (tertiary/aromatic N) is 2. The van der Waals surface area contributed by atoms with E-state index in [1.54, 1.807) is 0 Å². The fourth-order valence-corrected chi connectivity index (χ4v) is 5.27. The van der Waals surface area contributed by atoms with E-state index < -0.39 is 5.60 Å². The molecule has 7 heteroatoms. The molecule has 0 atom stereocenters. The van der Waals surface area contributed by atoms with Crippen molar-refractivity contribution in [3.05, 3.63) is 58.7 Å². The van der Waals surface area contributed by atoms with Crippen LogP contribution in [0.2, 0.25) is 0 Å². The Labute approximate surface area is 212 Å². The average Bonchev–Trinajstić information content (AvgIpc) is 3.35. The number of H-pyrrole nitrogens is 1. The van der Waals surface area contributed by atoms with Gasteiger partial charge in [-0.25, -0.2) is 4.98 Å². The highest BCUT2D eigenvalue weighted by molar-refractivity contribution is 5.95.